The van der Waals surface area contributed by atoms with Gasteiger partial charge in [0.15, 0.2) is 5.82 Å². The van der Waals surface area contributed by atoms with Gasteiger partial charge in [0.05, 0.1) is 12.6 Å². The van der Waals surface area contributed by atoms with Crippen molar-refractivity contribution >= 4 is 0 Å². The summed E-state index contributed by atoms with van der Waals surface area (Å²) in [5.74, 6) is 3.06. The monoisotopic (exact) mass is 274 g/mol. The molecule has 2 aromatic rings. The van der Waals surface area contributed by atoms with E-state index in [4.69, 9.17) is 4.52 Å². The highest BCUT2D eigenvalue weighted by Gasteiger charge is 2.31. The molecule has 7 heteroatoms. The number of rotatable bonds is 4. The van der Waals surface area contributed by atoms with Crippen LogP contribution in [0.15, 0.2) is 10.9 Å². The molecule has 1 aliphatic carbocycles. The van der Waals surface area contributed by atoms with Gasteiger partial charge in [-0.1, -0.05) is 11.6 Å². The van der Waals surface area contributed by atoms with E-state index in [-0.39, 0.29) is 6.04 Å². The molecule has 0 spiro atoms. The number of likely N-dealkylation sites (tertiary alicyclic amines) is 1. The van der Waals surface area contributed by atoms with Gasteiger partial charge in [0.1, 0.15) is 12.2 Å². The van der Waals surface area contributed by atoms with Crippen LogP contribution in [-0.4, -0.2) is 36.8 Å². The number of hydrogen-bond donors (Lipinski definition) is 1. The Bertz CT molecular complexity index is 561. The number of piperidine rings is 1. The van der Waals surface area contributed by atoms with E-state index in [0.29, 0.717) is 5.92 Å². The van der Waals surface area contributed by atoms with Gasteiger partial charge >= 0.3 is 0 Å². The standard InChI is InChI=1S/C13H18N6O/c1-2-6-19(10(3-1)12-14-8-15-17-12)7-11-16-13(20-18-11)9-4-5-9/h8-10H,1-7H2,(H,14,15,17)/t10-/m1/s1. The molecule has 0 aromatic carbocycles. The Morgan fingerprint density at radius 2 is 2.25 bits per heavy atom. The lowest BCUT2D eigenvalue weighted by Gasteiger charge is -2.33. The molecule has 2 aliphatic rings. The first-order valence-electron chi connectivity index (χ1n) is 7.32. The molecule has 4 rings (SSSR count). The third kappa shape index (κ3) is 2.33. The molecular weight excluding hydrogens is 256 g/mol. The van der Waals surface area contributed by atoms with Crippen LogP contribution in [0.2, 0.25) is 0 Å². The van der Waals surface area contributed by atoms with Crippen molar-refractivity contribution in [1.29, 1.82) is 0 Å². The summed E-state index contributed by atoms with van der Waals surface area (Å²) in [5, 5.41) is 11.1. The van der Waals surface area contributed by atoms with Crippen molar-refractivity contribution in [3.05, 3.63) is 23.9 Å². The van der Waals surface area contributed by atoms with Crippen molar-refractivity contribution in [2.75, 3.05) is 6.54 Å². The zero-order chi connectivity index (χ0) is 13.4. The summed E-state index contributed by atoms with van der Waals surface area (Å²) in [5.41, 5.74) is 0. The van der Waals surface area contributed by atoms with E-state index in [1.54, 1.807) is 6.33 Å². The highest BCUT2D eigenvalue weighted by atomic mass is 16.5. The van der Waals surface area contributed by atoms with E-state index in [1.807, 2.05) is 0 Å². The average molecular weight is 274 g/mol. The van der Waals surface area contributed by atoms with Crippen molar-refractivity contribution in [2.24, 2.45) is 0 Å². The minimum absolute atomic E-state index is 0.286. The molecule has 2 aromatic heterocycles. The third-order valence-corrected chi connectivity index (χ3v) is 4.12. The van der Waals surface area contributed by atoms with Gasteiger partial charge in [-0.05, 0) is 32.2 Å². The second-order valence-electron chi connectivity index (χ2n) is 5.68. The molecule has 1 atom stereocenters. The number of H-pyrrole nitrogens is 1. The summed E-state index contributed by atoms with van der Waals surface area (Å²) in [6.45, 7) is 1.76. The smallest absolute Gasteiger partial charge is 0.229 e. The normalized spacial score (nSPS) is 24.1. The predicted octanol–water partition coefficient (Wildman–Crippen LogP) is 1.79. The first kappa shape index (κ1) is 12.0. The van der Waals surface area contributed by atoms with Crippen LogP contribution < -0.4 is 0 Å². The van der Waals surface area contributed by atoms with E-state index in [1.165, 1.54) is 25.7 Å². The molecule has 106 valence electrons. The third-order valence-electron chi connectivity index (χ3n) is 4.12. The van der Waals surface area contributed by atoms with E-state index in [2.05, 4.69) is 30.2 Å². The van der Waals surface area contributed by atoms with Crippen LogP contribution in [0, 0.1) is 0 Å². The lowest BCUT2D eigenvalue weighted by Crippen LogP contribution is -2.34. The Morgan fingerprint density at radius 3 is 3.05 bits per heavy atom. The molecule has 1 N–H and O–H groups in total. The summed E-state index contributed by atoms with van der Waals surface area (Å²) in [6.07, 6.45) is 7.47. The number of aromatic amines is 1. The van der Waals surface area contributed by atoms with Gasteiger partial charge in [-0.3, -0.25) is 10.00 Å². The van der Waals surface area contributed by atoms with E-state index in [0.717, 1.165) is 37.0 Å². The fourth-order valence-electron chi connectivity index (χ4n) is 2.87. The fourth-order valence-corrected chi connectivity index (χ4v) is 2.87. The molecule has 1 aliphatic heterocycles. The van der Waals surface area contributed by atoms with Crippen LogP contribution in [0.1, 0.15) is 61.6 Å². The van der Waals surface area contributed by atoms with Gasteiger partial charge in [-0.15, -0.1) is 0 Å². The lowest BCUT2D eigenvalue weighted by atomic mass is 10.0. The van der Waals surface area contributed by atoms with E-state index in [9.17, 15) is 0 Å². The largest absolute Gasteiger partial charge is 0.339 e. The fraction of sp³-hybridized carbons (Fsp3) is 0.692. The van der Waals surface area contributed by atoms with Gasteiger partial charge < -0.3 is 4.52 Å². The van der Waals surface area contributed by atoms with Crippen molar-refractivity contribution < 1.29 is 4.52 Å². The topological polar surface area (TPSA) is 83.7 Å². The van der Waals surface area contributed by atoms with Crippen molar-refractivity contribution in [3.8, 4) is 0 Å². The molecule has 0 unspecified atom stereocenters. The summed E-state index contributed by atoms with van der Waals surface area (Å²) >= 11 is 0. The summed E-state index contributed by atoms with van der Waals surface area (Å²) in [6, 6.07) is 0.286. The first-order valence-corrected chi connectivity index (χ1v) is 7.32. The quantitative estimate of drug-likeness (QED) is 0.915. The van der Waals surface area contributed by atoms with Gasteiger partial charge in [0, 0.05) is 5.92 Å². The minimum Gasteiger partial charge on any atom is -0.339 e. The van der Waals surface area contributed by atoms with Crippen LogP contribution in [0.3, 0.4) is 0 Å². The second-order valence-corrected chi connectivity index (χ2v) is 5.68. The Hall–Kier alpha value is -1.76. The van der Waals surface area contributed by atoms with Crippen molar-refractivity contribution in [2.45, 2.75) is 50.6 Å². The van der Waals surface area contributed by atoms with Crippen LogP contribution in [0.25, 0.3) is 0 Å². The SMILES string of the molecule is c1n[nH]c([C@H]2CCCCN2Cc2noc(C3CC3)n2)n1. The Balaban J connectivity index is 1.49. The molecule has 2 fully saturated rings. The minimum atomic E-state index is 0.286. The highest BCUT2D eigenvalue weighted by molar-refractivity contribution is 5.02. The van der Waals surface area contributed by atoms with E-state index < -0.39 is 0 Å². The molecule has 1 saturated carbocycles. The molecular formula is C13H18N6O. The Morgan fingerprint density at radius 1 is 1.30 bits per heavy atom. The molecule has 0 bridgehead atoms. The Labute approximate surface area is 116 Å². The molecule has 0 radical (unpaired) electrons. The van der Waals surface area contributed by atoms with Gasteiger partial charge in [-0.2, -0.15) is 10.1 Å². The molecule has 3 heterocycles. The number of aromatic nitrogens is 5. The molecule has 0 amide bonds. The Kier molecular flexibility index (Phi) is 2.99. The van der Waals surface area contributed by atoms with Gasteiger partial charge in [0.2, 0.25) is 5.89 Å². The summed E-state index contributed by atoms with van der Waals surface area (Å²) in [7, 11) is 0. The maximum absolute atomic E-state index is 5.33. The maximum Gasteiger partial charge on any atom is 0.229 e. The maximum atomic E-state index is 5.33. The van der Waals surface area contributed by atoms with Crippen LogP contribution in [-0.2, 0) is 6.54 Å². The zero-order valence-electron chi connectivity index (χ0n) is 11.3. The van der Waals surface area contributed by atoms with Crippen LogP contribution >= 0.6 is 0 Å². The predicted molar refractivity (Wildman–Crippen MR) is 69.7 cm³/mol. The first-order chi connectivity index (χ1) is 9.90. The number of nitrogens with zero attached hydrogens (tertiary/aromatic N) is 5. The second kappa shape index (κ2) is 4.97. The van der Waals surface area contributed by atoms with Crippen molar-refractivity contribution in [3.63, 3.8) is 0 Å². The highest BCUT2D eigenvalue weighted by Crippen LogP contribution is 2.39. The molecule has 1 saturated heterocycles. The van der Waals surface area contributed by atoms with Gasteiger partial charge in [0.25, 0.3) is 0 Å². The number of hydrogen-bond acceptors (Lipinski definition) is 6. The lowest BCUT2D eigenvalue weighted by molar-refractivity contribution is 0.129. The van der Waals surface area contributed by atoms with E-state index >= 15 is 0 Å². The number of nitrogens with one attached hydrogen (secondary N) is 1. The summed E-state index contributed by atoms with van der Waals surface area (Å²) < 4.78 is 5.33. The zero-order valence-corrected chi connectivity index (χ0v) is 11.3. The van der Waals surface area contributed by atoms with Gasteiger partial charge in [-0.25, -0.2) is 4.98 Å². The average Bonchev–Trinajstić information content (AvgIpc) is 3.00. The van der Waals surface area contributed by atoms with Crippen LogP contribution in [0.4, 0.5) is 0 Å². The van der Waals surface area contributed by atoms with Crippen molar-refractivity contribution in [1.82, 2.24) is 30.2 Å². The molecule has 7 nitrogen and oxygen atoms in total. The summed E-state index contributed by atoms with van der Waals surface area (Å²) in [4.78, 5) is 11.2. The molecule has 20 heavy (non-hydrogen) atoms. The van der Waals surface area contributed by atoms with Crippen LogP contribution in [0.5, 0.6) is 0 Å².